The molecule has 0 aromatic carbocycles. The van der Waals surface area contributed by atoms with Gasteiger partial charge in [0.05, 0.1) is 0 Å². The van der Waals surface area contributed by atoms with Gasteiger partial charge in [0.15, 0.2) is 11.0 Å². The molecule has 0 aliphatic heterocycles. The van der Waals surface area contributed by atoms with Crippen molar-refractivity contribution < 1.29 is 4.79 Å². The van der Waals surface area contributed by atoms with Gasteiger partial charge < -0.3 is 5.32 Å². The number of thioether (sulfide) groups is 1. The molecule has 0 spiro atoms. The van der Waals surface area contributed by atoms with Crippen LogP contribution in [-0.4, -0.2) is 27.9 Å². The van der Waals surface area contributed by atoms with Crippen molar-refractivity contribution in [1.82, 2.24) is 9.97 Å². The third kappa shape index (κ3) is 3.85. The maximum absolute atomic E-state index is 11.3. The highest BCUT2D eigenvalue weighted by Gasteiger charge is 2.09. The summed E-state index contributed by atoms with van der Waals surface area (Å²) in [6, 6.07) is 0. The molecule has 0 unspecified atom stereocenters. The SMILES string of the molecule is CSCCC(=O)Nc1ncnc(Cl)c1Cl. The molecule has 15 heavy (non-hydrogen) atoms. The van der Waals surface area contributed by atoms with Gasteiger partial charge >= 0.3 is 0 Å². The van der Waals surface area contributed by atoms with Gasteiger partial charge in [0, 0.05) is 12.2 Å². The summed E-state index contributed by atoms with van der Waals surface area (Å²) >= 11 is 13.1. The summed E-state index contributed by atoms with van der Waals surface area (Å²) in [7, 11) is 0. The summed E-state index contributed by atoms with van der Waals surface area (Å²) in [6.45, 7) is 0. The molecule has 1 heterocycles. The highest BCUT2D eigenvalue weighted by atomic mass is 35.5. The largest absolute Gasteiger partial charge is 0.309 e. The van der Waals surface area contributed by atoms with Gasteiger partial charge in [0.1, 0.15) is 11.3 Å². The zero-order chi connectivity index (χ0) is 11.3. The predicted octanol–water partition coefficient (Wildman–Crippen LogP) is 2.48. The van der Waals surface area contributed by atoms with E-state index in [1.165, 1.54) is 6.33 Å². The molecule has 0 aliphatic carbocycles. The van der Waals surface area contributed by atoms with Crippen molar-refractivity contribution in [2.45, 2.75) is 6.42 Å². The molecule has 1 N–H and O–H groups in total. The van der Waals surface area contributed by atoms with E-state index in [4.69, 9.17) is 23.2 Å². The van der Waals surface area contributed by atoms with Crippen molar-refractivity contribution in [3.05, 3.63) is 16.5 Å². The van der Waals surface area contributed by atoms with Gasteiger partial charge in [-0.15, -0.1) is 0 Å². The lowest BCUT2D eigenvalue weighted by Crippen LogP contribution is -2.13. The van der Waals surface area contributed by atoms with Crippen LogP contribution in [0, 0.1) is 0 Å². The molecule has 0 saturated heterocycles. The number of amides is 1. The van der Waals surface area contributed by atoms with Gasteiger partial charge in [-0.1, -0.05) is 23.2 Å². The van der Waals surface area contributed by atoms with Gasteiger partial charge in [-0.2, -0.15) is 11.8 Å². The standard InChI is InChI=1S/C8H9Cl2N3OS/c1-15-3-2-5(14)13-8-6(9)7(10)11-4-12-8/h4H,2-3H2,1H3,(H,11,12,13,14). The van der Waals surface area contributed by atoms with Gasteiger partial charge in [-0.05, 0) is 6.26 Å². The van der Waals surface area contributed by atoms with Crippen molar-refractivity contribution in [3.8, 4) is 0 Å². The Bertz CT molecular complexity index is 362. The average Bonchev–Trinajstić information content (AvgIpc) is 2.22. The van der Waals surface area contributed by atoms with Crippen molar-refractivity contribution in [2.75, 3.05) is 17.3 Å². The number of nitrogens with one attached hydrogen (secondary N) is 1. The van der Waals surface area contributed by atoms with Crippen molar-refractivity contribution in [2.24, 2.45) is 0 Å². The third-order valence-electron chi connectivity index (χ3n) is 1.54. The Kier molecular flexibility index (Phi) is 5.14. The van der Waals surface area contributed by atoms with E-state index in [1.54, 1.807) is 11.8 Å². The number of hydrogen-bond acceptors (Lipinski definition) is 4. The van der Waals surface area contributed by atoms with Crippen LogP contribution in [0.15, 0.2) is 6.33 Å². The van der Waals surface area contributed by atoms with E-state index < -0.39 is 0 Å². The zero-order valence-corrected chi connectivity index (χ0v) is 10.3. The summed E-state index contributed by atoms with van der Waals surface area (Å²) < 4.78 is 0. The predicted molar refractivity (Wildman–Crippen MR) is 63.7 cm³/mol. The Morgan fingerprint density at radius 3 is 2.93 bits per heavy atom. The summed E-state index contributed by atoms with van der Waals surface area (Å²) in [5.41, 5.74) is 0. The molecule has 1 aromatic rings. The number of halogens is 2. The van der Waals surface area contributed by atoms with Crippen LogP contribution in [0.5, 0.6) is 0 Å². The highest BCUT2D eigenvalue weighted by Crippen LogP contribution is 2.25. The highest BCUT2D eigenvalue weighted by molar-refractivity contribution is 7.98. The quantitative estimate of drug-likeness (QED) is 0.850. The van der Waals surface area contributed by atoms with Gasteiger partial charge in [0.2, 0.25) is 5.91 Å². The Hall–Kier alpha value is -0.520. The van der Waals surface area contributed by atoms with E-state index in [2.05, 4.69) is 15.3 Å². The van der Waals surface area contributed by atoms with E-state index in [0.717, 1.165) is 5.75 Å². The molecule has 1 rings (SSSR count). The number of carbonyl (C=O) groups is 1. The zero-order valence-electron chi connectivity index (χ0n) is 7.96. The number of hydrogen-bond donors (Lipinski definition) is 1. The maximum Gasteiger partial charge on any atom is 0.226 e. The minimum atomic E-state index is -0.138. The van der Waals surface area contributed by atoms with E-state index in [0.29, 0.717) is 6.42 Å². The van der Waals surface area contributed by atoms with Crippen LogP contribution in [0.1, 0.15) is 6.42 Å². The number of aromatic nitrogens is 2. The lowest BCUT2D eigenvalue weighted by molar-refractivity contribution is -0.115. The number of nitrogens with zero attached hydrogens (tertiary/aromatic N) is 2. The molecule has 0 fully saturated rings. The molecule has 0 aliphatic rings. The second-order valence-electron chi connectivity index (χ2n) is 2.62. The molecule has 0 bridgehead atoms. The molecule has 1 amide bonds. The summed E-state index contributed by atoms with van der Waals surface area (Å²) in [6.07, 6.45) is 3.60. The fourth-order valence-corrected chi connectivity index (χ4v) is 1.49. The minimum Gasteiger partial charge on any atom is -0.309 e. The van der Waals surface area contributed by atoms with Crippen molar-refractivity contribution >= 4 is 46.7 Å². The first-order valence-corrected chi connectivity index (χ1v) is 6.25. The van der Waals surface area contributed by atoms with E-state index in [9.17, 15) is 4.79 Å². The molecule has 7 heteroatoms. The molecule has 0 saturated carbocycles. The number of rotatable bonds is 4. The normalized spacial score (nSPS) is 10.1. The van der Waals surface area contributed by atoms with Crippen LogP contribution in [0.3, 0.4) is 0 Å². The monoisotopic (exact) mass is 265 g/mol. The first-order valence-electron chi connectivity index (χ1n) is 4.10. The minimum absolute atomic E-state index is 0.131. The van der Waals surface area contributed by atoms with Gasteiger partial charge in [-0.3, -0.25) is 4.79 Å². The topological polar surface area (TPSA) is 54.9 Å². The van der Waals surface area contributed by atoms with Crippen molar-refractivity contribution in [3.63, 3.8) is 0 Å². The lowest BCUT2D eigenvalue weighted by Gasteiger charge is -2.05. The molecule has 0 radical (unpaired) electrons. The smallest absolute Gasteiger partial charge is 0.226 e. The summed E-state index contributed by atoms with van der Waals surface area (Å²) in [5.74, 6) is 0.867. The molecular formula is C8H9Cl2N3OS. The molecule has 4 nitrogen and oxygen atoms in total. The summed E-state index contributed by atoms with van der Waals surface area (Å²) in [4.78, 5) is 18.8. The van der Waals surface area contributed by atoms with Gasteiger partial charge in [-0.25, -0.2) is 9.97 Å². The van der Waals surface area contributed by atoms with Crippen LogP contribution in [0.2, 0.25) is 10.2 Å². The Balaban J connectivity index is 2.64. The van der Waals surface area contributed by atoms with E-state index in [-0.39, 0.29) is 21.9 Å². The molecule has 82 valence electrons. The fourth-order valence-electron chi connectivity index (χ4n) is 0.825. The Morgan fingerprint density at radius 1 is 1.53 bits per heavy atom. The second-order valence-corrected chi connectivity index (χ2v) is 4.34. The van der Waals surface area contributed by atoms with Crippen LogP contribution >= 0.6 is 35.0 Å². The van der Waals surface area contributed by atoms with E-state index in [1.807, 2.05) is 6.26 Å². The fraction of sp³-hybridized carbons (Fsp3) is 0.375. The average molecular weight is 266 g/mol. The number of carbonyl (C=O) groups excluding carboxylic acids is 1. The molecule has 0 atom stereocenters. The first-order chi connectivity index (χ1) is 7.15. The van der Waals surface area contributed by atoms with Crippen LogP contribution in [0.25, 0.3) is 0 Å². The second kappa shape index (κ2) is 6.15. The Labute approximate surface area is 102 Å². The summed E-state index contributed by atoms with van der Waals surface area (Å²) in [5, 5.41) is 2.86. The third-order valence-corrected chi connectivity index (χ3v) is 2.89. The van der Waals surface area contributed by atoms with Crippen LogP contribution in [0.4, 0.5) is 5.82 Å². The van der Waals surface area contributed by atoms with Crippen LogP contribution in [-0.2, 0) is 4.79 Å². The Morgan fingerprint density at radius 2 is 2.27 bits per heavy atom. The number of anilines is 1. The van der Waals surface area contributed by atoms with Crippen molar-refractivity contribution in [1.29, 1.82) is 0 Å². The molecule has 1 aromatic heterocycles. The lowest BCUT2D eigenvalue weighted by atomic mass is 10.4. The first kappa shape index (κ1) is 12.5. The maximum atomic E-state index is 11.3. The van der Waals surface area contributed by atoms with Crippen LogP contribution < -0.4 is 5.32 Å². The molecular weight excluding hydrogens is 257 g/mol. The van der Waals surface area contributed by atoms with E-state index >= 15 is 0 Å². The van der Waals surface area contributed by atoms with Gasteiger partial charge in [0.25, 0.3) is 0 Å².